The Morgan fingerprint density at radius 3 is 2.86 bits per heavy atom. The van der Waals surface area contributed by atoms with E-state index in [9.17, 15) is 4.39 Å². The van der Waals surface area contributed by atoms with Crippen LogP contribution < -0.4 is 23.5 Å². The Bertz CT molecular complexity index is 1650. The van der Waals surface area contributed by atoms with Crippen molar-refractivity contribution in [3.8, 4) is 34.3 Å². The Balaban J connectivity index is 1.29. The van der Waals surface area contributed by atoms with Crippen molar-refractivity contribution in [3.63, 3.8) is 0 Å². The van der Waals surface area contributed by atoms with E-state index in [0.29, 0.717) is 28.4 Å². The Kier molecular flexibility index (Phi) is 4.36. The van der Waals surface area contributed by atoms with E-state index in [4.69, 9.17) is 18.9 Å². The summed E-state index contributed by atoms with van der Waals surface area (Å²) < 4.78 is 38.8. The number of hydrogen-bond donors (Lipinski definition) is 1. The second kappa shape index (κ2) is 7.59. The molecule has 7 nitrogen and oxygen atoms in total. The van der Waals surface area contributed by atoms with Gasteiger partial charge in [-0.25, -0.2) is 9.37 Å². The number of H-pyrrole nitrogens is 1. The van der Waals surface area contributed by atoms with Crippen LogP contribution in [0.1, 0.15) is 11.4 Å². The van der Waals surface area contributed by atoms with Gasteiger partial charge in [-0.3, -0.25) is 0 Å². The number of aromatic nitrogens is 3. The fourth-order valence-corrected chi connectivity index (χ4v) is 4.95. The van der Waals surface area contributed by atoms with Gasteiger partial charge in [-0.1, -0.05) is 0 Å². The average molecular weight is 470 g/mol. The first kappa shape index (κ1) is 20.1. The van der Waals surface area contributed by atoms with Crippen LogP contribution in [0.2, 0.25) is 0 Å². The number of hydrogen-bond acceptors (Lipinski definition) is 5. The van der Waals surface area contributed by atoms with E-state index >= 15 is 0 Å². The van der Waals surface area contributed by atoms with Gasteiger partial charge in [0.15, 0.2) is 35.7 Å². The number of nitrogens with one attached hydrogen (secondary N) is 1. The zero-order valence-electron chi connectivity index (χ0n) is 18.9. The first-order valence-electron chi connectivity index (χ1n) is 11.4. The van der Waals surface area contributed by atoms with Gasteiger partial charge in [-0.15, -0.1) is 0 Å². The maximum Gasteiger partial charge on any atom is 0.231 e. The predicted octanol–water partition coefficient (Wildman–Crippen LogP) is 4.68. The maximum absolute atomic E-state index is 13.6. The predicted molar refractivity (Wildman–Crippen MR) is 126 cm³/mol. The van der Waals surface area contributed by atoms with Crippen LogP contribution in [0.4, 0.5) is 4.39 Å². The monoisotopic (exact) mass is 470 g/mol. The molecule has 3 aromatic carbocycles. The second-order valence-electron chi connectivity index (χ2n) is 8.70. The number of aromatic amines is 1. The van der Waals surface area contributed by atoms with Crippen molar-refractivity contribution in [3.05, 3.63) is 71.9 Å². The minimum atomic E-state index is -0.309. The molecule has 0 saturated carbocycles. The molecule has 174 valence electrons. The van der Waals surface area contributed by atoms with Crippen LogP contribution in [-0.4, -0.2) is 23.9 Å². The first-order valence-corrected chi connectivity index (χ1v) is 11.4. The topological polar surface area (TPSA) is 69.5 Å². The molecule has 35 heavy (non-hydrogen) atoms. The zero-order chi connectivity index (χ0) is 23.5. The van der Waals surface area contributed by atoms with E-state index in [-0.39, 0.29) is 19.2 Å². The van der Waals surface area contributed by atoms with Crippen LogP contribution >= 0.6 is 0 Å². The molecule has 0 atom stereocenters. The van der Waals surface area contributed by atoms with Crippen molar-refractivity contribution < 1.29 is 27.9 Å². The van der Waals surface area contributed by atoms with Gasteiger partial charge in [0, 0.05) is 12.5 Å². The lowest BCUT2D eigenvalue weighted by molar-refractivity contribution is -0.686. The van der Waals surface area contributed by atoms with Gasteiger partial charge in [-0.05, 0) is 53.4 Å². The summed E-state index contributed by atoms with van der Waals surface area (Å²) in [6.07, 6.45) is 3.01. The summed E-state index contributed by atoms with van der Waals surface area (Å²) in [6.45, 7) is 1.29. The van der Waals surface area contributed by atoms with Gasteiger partial charge in [0.05, 0.1) is 29.1 Å². The van der Waals surface area contributed by atoms with Gasteiger partial charge in [-0.2, -0.15) is 4.57 Å². The molecule has 5 aromatic rings. The molecular weight excluding hydrogens is 449 g/mol. The lowest BCUT2D eigenvalue weighted by Gasteiger charge is -2.17. The summed E-state index contributed by atoms with van der Waals surface area (Å²) in [5.41, 5.74) is 4.85. The van der Waals surface area contributed by atoms with Crippen molar-refractivity contribution in [2.75, 3.05) is 13.9 Å². The summed E-state index contributed by atoms with van der Waals surface area (Å²) in [4.78, 5) is 7.64. The lowest BCUT2D eigenvalue weighted by atomic mass is 9.95. The smallest absolute Gasteiger partial charge is 0.231 e. The molecule has 2 aromatic heterocycles. The molecule has 0 amide bonds. The number of pyridine rings is 1. The van der Waals surface area contributed by atoms with Gasteiger partial charge in [0.1, 0.15) is 18.2 Å². The van der Waals surface area contributed by atoms with Crippen LogP contribution in [0.25, 0.3) is 33.1 Å². The number of halogens is 1. The molecule has 8 heteroatoms. The van der Waals surface area contributed by atoms with Crippen LogP contribution in [0.3, 0.4) is 0 Å². The lowest BCUT2D eigenvalue weighted by Crippen LogP contribution is -2.40. The third-order valence-corrected chi connectivity index (χ3v) is 6.64. The maximum atomic E-state index is 13.6. The largest absolute Gasteiger partial charge is 0.493 e. The number of aryl methyl sites for hydroxylation is 2. The molecule has 0 radical (unpaired) electrons. The summed E-state index contributed by atoms with van der Waals surface area (Å²) >= 11 is 0. The van der Waals surface area contributed by atoms with E-state index in [1.54, 1.807) is 13.2 Å². The highest BCUT2D eigenvalue weighted by Crippen LogP contribution is 2.41. The fourth-order valence-electron chi connectivity index (χ4n) is 4.95. The molecule has 0 bridgehead atoms. The Morgan fingerprint density at radius 1 is 1.09 bits per heavy atom. The van der Waals surface area contributed by atoms with Gasteiger partial charge < -0.3 is 23.9 Å². The molecule has 0 saturated heterocycles. The molecule has 2 aliphatic rings. The molecule has 1 N–H and O–H groups in total. The Labute approximate surface area is 199 Å². The molecule has 0 unspecified atom stereocenters. The summed E-state index contributed by atoms with van der Waals surface area (Å²) in [6, 6.07) is 14.7. The quantitative estimate of drug-likeness (QED) is 0.386. The number of fused-ring (bicyclic) bond motifs is 6. The molecular formula is C27H21FN3O4+. The number of ether oxygens (including phenoxy) is 4. The standard InChI is InChI=1S/C27H21FN3O4/c1-32-23-5-2-15-8-22-18-11-25-24(34-14-35-25)9-16(18)6-7-31(22)12-19(15)27(23)33-13-26-29-20-4-3-17(28)10-21(20)30-26/h2-5,8-12H,6-7,13-14H2,1H3,(H,29,30)/q+1. The molecule has 7 rings (SSSR count). The molecule has 4 heterocycles. The fraction of sp³-hybridized carbons (Fsp3) is 0.185. The van der Waals surface area contributed by atoms with E-state index in [2.05, 4.69) is 38.9 Å². The summed E-state index contributed by atoms with van der Waals surface area (Å²) in [7, 11) is 1.63. The first-order chi connectivity index (χ1) is 17.2. The van der Waals surface area contributed by atoms with E-state index in [1.807, 2.05) is 12.1 Å². The second-order valence-corrected chi connectivity index (χ2v) is 8.70. The van der Waals surface area contributed by atoms with Gasteiger partial charge >= 0.3 is 0 Å². The zero-order valence-corrected chi connectivity index (χ0v) is 18.9. The minimum absolute atomic E-state index is 0.194. The minimum Gasteiger partial charge on any atom is -0.493 e. The molecule has 2 aliphatic heterocycles. The van der Waals surface area contributed by atoms with Crippen molar-refractivity contribution in [2.24, 2.45) is 0 Å². The number of benzene rings is 3. The van der Waals surface area contributed by atoms with Crippen molar-refractivity contribution in [2.45, 2.75) is 19.6 Å². The SMILES string of the molecule is COc1ccc2cc3[n+](cc2c1OCc1nc2ccc(F)cc2[nH]1)CCc1cc2c(cc1-3)OCO2. The molecule has 0 fully saturated rings. The van der Waals surface area contributed by atoms with Crippen molar-refractivity contribution in [1.82, 2.24) is 9.97 Å². The van der Waals surface area contributed by atoms with Crippen LogP contribution in [0, 0.1) is 5.82 Å². The third kappa shape index (κ3) is 3.24. The highest BCUT2D eigenvalue weighted by molar-refractivity contribution is 5.91. The van der Waals surface area contributed by atoms with E-state index in [1.165, 1.54) is 17.7 Å². The van der Waals surface area contributed by atoms with Crippen LogP contribution in [0.15, 0.2) is 54.7 Å². The van der Waals surface area contributed by atoms with Gasteiger partial charge in [0.25, 0.3) is 0 Å². The molecule has 0 spiro atoms. The van der Waals surface area contributed by atoms with Crippen LogP contribution in [0.5, 0.6) is 23.0 Å². The highest BCUT2D eigenvalue weighted by Gasteiger charge is 2.28. The third-order valence-electron chi connectivity index (χ3n) is 6.64. The Hall–Kier alpha value is -4.33. The van der Waals surface area contributed by atoms with Gasteiger partial charge in [0.2, 0.25) is 12.5 Å². The van der Waals surface area contributed by atoms with Crippen molar-refractivity contribution in [1.29, 1.82) is 0 Å². The average Bonchev–Trinajstić information content (AvgIpc) is 3.50. The normalized spacial score (nSPS) is 13.7. The van der Waals surface area contributed by atoms with E-state index in [0.717, 1.165) is 46.5 Å². The summed E-state index contributed by atoms with van der Waals surface area (Å²) in [5.74, 6) is 3.17. The number of imidazole rings is 1. The Morgan fingerprint density at radius 2 is 1.97 bits per heavy atom. The number of nitrogens with zero attached hydrogens (tertiary/aromatic N) is 2. The van der Waals surface area contributed by atoms with E-state index < -0.39 is 0 Å². The van der Waals surface area contributed by atoms with Crippen LogP contribution in [-0.2, 0) is 19.6 Å². The number of rotatable bonds is 4. The highest BCUT2D eigenvalue weighted by atomic mass is 19.1. The summed E-state index contributed by atoms with van der Waals surface area (Å²) in [5, 5.41) is 1.98. The molecule has 0 aliphatic carbocycles. The number of methoxy groups -OCH3 is 1. The van der Waals surface area contributed by atoms with Crippen molar-refractivity contribution >= 4 is 21.8 Å².